The molecular weight excluding hydrogens is 396 g/mol. The standard InChI is InChI=1S/C13H9Br3/c14-10-6-7-11(12(8-10)13(15)16)9-4-2-1-3-5-9/h1-8,13H. The van der Waals surface area contributed by atoms with E-state index in [0.29, 0.717) is 0 Å². The Morgan fingerprint density at radius 2 is 1.56 bits per heavy atom. The van der Waals surface area contributed by atoms with Crippen molar-refractivity contribution in [1.29, 1.82) is 0 Å². The van der Waals surface area contributed by atoms with Gasteiger partial charge in [0.15, 0.2) is 0 Å². The molecule has 0 amide bonds. The van der Waals surface area contributed by atoms with Crippen molar-refractivity contribution in [2.75, 3.05) is 0 Å². The summed E-state index contributed by atoms with van der Waals surface area (Å²) in [5, 5.41) is 0. The molecule has 0 unspecified atom stereocenters. The molecule has 0 heterocycles. The van der Waals surface area contributed by atoms with Crippen molar-refractivity contribution in [2.45, 2.75) is 3.74 Å². The smallest absolute Gasteiger partial charge is 0.0712 e. The highest BCUT2D eigenvalue weighted by Gasteiger charge is 2.10. The first kappa shape index (κ1) is 12.3. The zero-order chi connectivity index (χ0) is 11.5. The predicted molar refractivity (Wildman–Crippen MR) is 80.2 cm³/mol. The highest BCUT2D eigenvalue weighted by Crippen LogP contribution is 2.38. The van der Waals surface area contributed by atoms with Crippen LogP contribution in [0.5, 0.6) is 0 Å². The lowest BCUT2D eigenvalue weighted by molar-refractivity contribution is 1.40. The molecule has 0 spiro atoms. The maximum Gasteiger partial charge on any atom is 0.0952 e. The summed E-state index contributed by atoms with van der Waals surface area (Å²) in [6.07, 6.45) is 0. The Bertz CT molecular complexity index is 478. The SMILES string of the molecule is Brc1ccc(-c2ccccc2)c(C(Br)Br)c1. The van der Waals surface area contributed by atoms with Crippen LogP contribution in [-0.4, -0.2) is 0 Å². The predicted octanol–water partition coefficient (Wildman–Crippen LogP) is 5.90. The molecule has 0 aliphatic heterocycles. The Kier molecular flexibility index (Phi) is 4.22. The third kappa shape index (κ3) is 2.76. The molecule has 3 heteroatoms. The molecule has 0 bridgehead atoms. The number of hydrogen-bond donors (Lipinski definition) is 0. The van der Waals surface area contributed by atoms with E-state index < -0.39 is 0 Å². The molecule has 2 aromatic carbocycles. The van der Waals surface area contributed by atoms with Gasteiger partial charge in [0, 0.05) is 4.47 Å². The Labute approximate surface area is 120 Å². The molecule has 0 saturated carbocycles. The molecule has 0 saturated heterocycles. The van der Waals surface area contributed by atoms with Gasteiger partial charge in [-0.15, -0.1) is 0 Å². The van der Waals surface area contributed by atoms with E-state index in [4.69, 9.17) is 0 Å². The first-order valence-corrected chi connectivity index (χ1v) is 7.44. The minimum absolute atomic E-state index is 0.160. The van der Waals surface area contributed by atoms with Crippen molar-refractivity contribution in [1.82, 2.24) is 0 Å². The summed E-state index contributed by atoms with van der Waals surface area (Å²) in [4.78, 5) is 0. The Morgan fingerprint density at radius 1 is 0.875 bits per heavy atom. The van der Waals surface area contributed by atoms with Crippen LogP contribution < -0.4 is 0 Å². The highest BCUT2D eigenvalue weighted by atomic mass is 79.9. The van der Waals surface area contributed by atoms with Crippen molar-refractivity contribution in [3.05, 3.63) is 58.6 Å². The van der Waals surface area contributed by atoms with Crippen molar-refractivity contribution in [3.8, 4) is 11.1 Å². The lowest BCUT2D eigenvalue weighted by Crippen LogP contribution is -1.88. The van der Waals surface area contributed by atoms with Gasteiger partial charge in [-0.05, 0) is 28.8 Å². The molecule has 82 valence electrons. The molecule has 0 nitrogen and oxygen atoms in total. The van der Waals surface area contributed by atoms with Gasteiger partial charge in [0.2, 0.25) is 0 Å². The molecule has 0 aromatic heterocycles. The second kappa shape index (κ2) is 5.48. The van der Waals surface area contributed by atoms with Crippen LogP contribution in [0.4, 0.5) is 0 Å². The van der Waals surface area contributed by atoms with Crippen LogP contribution in [0.3, 0.4) is 0 Å². The highest BCUT2D eigenvalue weighted by molar-refractivity contribution is 9.24. The molecule has 16 heavy (non-hydrogen) atoms. The molecule has 2 aromatic rings. The van der Waals surface area contributed by atoms with E-state index in [2.05, 4.69) is 90.3 Å². The summed E-state index contributed by atoms with van der Waals surface area (Å²) in [6.45, 7) is 0. The minimum Gasteiger partial charge on any atom is -0.0712 e. The van der Waals surface area contributed by atoms with E-state index in [1.165, 1.54) is 16.7 Å². The van der Waals surface area contributed by atoms with Gasteiger partial charge in [-0.25, -0.2) is 0 Å². The summed E-state index contributed by atoms with van der Waals surface area (Å²) in [7, 11) is 0. The molecular formula is C13H9Br3. The van der Waals surface area contributed by atoms with Crippen LogP contribution in [0.15, 0.2) is 53.0 Å². The number of alkyl halides is 2. The molecule has 0 aliphatic rings. The van der Waals surface area contributed by atoms with Gasteiger partial charge >= 0.3 is 0 Å². The van der Waals surface area contributed by atoms with Crippen LogP contribution >= 0.6 is 47.8 Å². The fourth-order valence-corrected chi connectivity index (χ4v) is 2.73. The lowest BCUT2D eigenvalue weighted by atomic mass is 10.0. The topological polar surface area (TPSA) is 0 Å². The first-order valence-electron chi connectivity index (χ1n) is 4.81. The molecule has 2 rings (SSSR count). The van der Waals surface area contributed by atoms with Crippen LogP contribution in [0.25, 0.3) is 11.1 Å². The lowest BCUT2D eigenvalue weighted by Gasteiger charge is -2.11. The zero-order valence-corrected chi connectivity index (χ0v) is 13.1. The maximum absolute atomic E-state index is 3.56. The molecule has 0 fully saturated rings. The Morgan fingerprint density at radius 3 is 2.19 bits per heavy atom. The van der Waals surface area contributed by atoms with E-state index in [9.17, 15) is 0 Å². The van der Waals surface area contributed by atoms with Crippen LogP contribution in [0, 0.1) is 0 Å². The fraction of sp³-hybridized carbons (Fsp3) is 0.0769. The summed E-state index contributed by atoms with van der Waals surface area (Å²) < 4.78 is 1.25. The van der Waals surface area contributed by atoms with Gasteiger partial charge < -0.3 is 0 Å². The monoisotopic (exact) mass is 402 g/mol. The summed E-state index contributed by atoms with van der Waals surface area (Å²) in [5.74, 6) is 0. The van der Waals surface area contributed by atoms with Crippen LogP contribution in [0.1, 0.15) is 9.30 Å². The molecule has 0 N–H and O–H groups in total. The molecule has 0 atom stereocenters. The summed E-state index contributed by atoms with van der Waals surface area (Å²) >= 11 is 10.6. The minimum atomic E-state index is 0.160. The normalized spacial score (nSPS) is 10.8. The van der Waals surface area contributed by atoms with Gasteiger partial charge in [-0.2, -0.15) is 0 Å². The molecule has 0 radical (unpaired) electrons. The average Bonchev–Trinajstić information content (AvgIpc) is 2.30. The van der Waals surface area contributed by atoms with Crippen molar-refractivity contribution >= 4 is 47.8 Å². The van der Waals surface area contributed by atoms with E-state index in [1.54, 1.807) is 0 Å². The fourth-order valence-electron chi connectivity index (χ4n) is 1.59. The Balaban J connectivity index is 2.57. The van der Waals surface area contributed by atoms with Gasteiger partial charge in [-0.3, -0.25) is 0 Å². The number of halogens is 3. The van der Waals surface area contributed by atoms with Gasteiger partial charge in [0.25, 0.3) is 0 Å². The third-order valence-corrected chi connectivity index (χ3v) is 3.81. The average molecular weight is 405 g/mol. The second-order valence-corrected chi connectivity index (χ2v) is 7.37. The van der Waals surface area contributed by atoms with Crippen LogP contribution in [-0.2, 0) is 0 Å². The number of benzene rings is 2. The maximum atomic E-state index is 3.56. The summed E-state index contributed by atoms with van der Waals surface area (Å²) in [5.41, 5.74) is 3.69. The zero-order valence-electron chi connectivity index (χ0n) is 8.33. The van der Waals surface area contributed by atoms with E-state index >= 15 is 0 Å². The van der Waals surface area contributed by atoms with Crippen molar-refractivity contribution < 1.29 is 0 Å². The quantitative estimate of drug-likeness (QED) is 0.546. The van der Waals surface area contributed by atoms with Gasteiger partial charge in [-0.1, -0.05) is 84.2 Å². The second-order valence-electron chi connectivity index (χ2n) is 3.40. The number of hydrogen-bond acceptors (Lipinski definition) is 0. The first-order chi connectivity index (χ1) is 7.68. The van der Waals surface area contributed by atoms with Crippen molar-refractivity contribution in [2.24, 2.45) is 0 Å². The van der Waals surface area contributed by atoms with E-state index in [0.717, 1.165) is 4.47 Å². The van der Waals surface area contributed by atoms with E-state index in [-0.39, 0.29) is 3.74 Å². The van der Waals surface area contributed by atoms with E-state index in [1.807, 2.05) is 6.07 Å². The largest absolute Gasteiger partial charge is 0.0952 e. The third-order valence-electron chi connectivity index (χ3n) is 2.33. The number of rotatable bonds is 2. The summed E-state index contributed by atoms with van der Waals surface area (Å²) in [6, 6.07) is 16.7. The Hall–Kier alpha value is -0.120. The van der Waals surface area contributed by atoms with Gasteiger partial charge in [0.05, 0.1) is 3.74 Å². The van der Waals surface area contributed by atoms with Crippen molar-refractivity contribution in [3.63, 3.8) is 0 Å². The van der Waals surface area contributed by atoms with Gasteiger partial charge in [0.1, 0.15) is 0 Å². The molecule has 0 aliphatic carbocycles. The van der Waals surface area contributed by atoms with Crippen LogP contribution in [0.2, 0.25) is 0 Å².